The van der Waals surface area contributed by atoms with E-state index in [-0.39, 0.29) is 6.02 Å². The van der Waals surface area contributed by atoms with Crippen molar-refractivity contribution in [3.8, 4) is 0 Å². The highest BCUT2D eigenvalue weighted by Crippen LogP contribution is 2.03. The fraction of sp³-hybridized carbons (Fsp3) is 0.125. The first-order valence-electron chi connectivity index (χ1n) is 3.29. The van der Waals surface area contributed by atoms with Crippen molar-refractivity contribution < 1.29 is 5.11 Å². The van der Waals surface area contributed by atoms with Crippen molar-refractivity contribution >= 4 is 11.7 Å². The van der Waals surface area contributed by atoms with Crippen LogP contribution in [0.5, 0.6) is 0 Å². The Morgan fingerprint density at radius 3 is 2.55 bits per heavy atom. The molecular formula is C8H9N2O-. The van der Waals surface area contributed by atoms with E-state index in [4.69, 9.17) is 0 Å². The van der Waals surface area contributed by atoms with E-state index in [1.54, 1.807) is 0 Å². The van der Waals surface area contributed by atoms with Crippen LogP contribution in [0.15, 0.2) is 35.3 Å². The molecule has 3 nitrogen and oxygen atoms in total. The molecular weight excluding hydrogens is 140 g/mol. The van der Waals surface area contributed by atoms with E-state index in [9.17, 15) is 5.11 Å². The predicted octanol–water partition coefficient (Wildman–Crippen LogP) is 0.445. The number of hydrogen-bond donors (Lipinski definition) is 1. The SMILES string of the molecule is CN=C([O-])Nc1ccccc1. The van der Waals surface area contributed by atoms with Gasteiger partial charge in [0.15, 0.2) is 0 Å². The summed E-state index contributed by atoms with van der Waals surface area (Å²) in [5, 5.41) is 13.3. The minimum atomic E-state index is -0.323. The summed E-state index contributed by atoms with van der Waals surface area (Å²) in [5.41, 5.74) is 0.767. The van der Waals surface area contributed by atoms with E-state index < -0.39 is 0 Å². The second-order valence-electron chi connectivity index (χ2n) is 2.02. The molecule has 0 heterocycles. The Morgan fingerprint density at radius 2 is 2.00 bits per heavy atom. The number of benzene rings is 1. The quantitative estimate of drug-likeness (QED) is 0.465. The summed E-state index contributed by atoms with van der Waals surface area (Å²) in [6, 6.07) is 8.89. The first-order valence-corrected chi connectivity index (χ1v) is 3.29. The van der Waals surface area contributed by atoms with Crippen LogP contribution in [0.2, 0.25) is 0 Å². The van der Waals surface area contributed by atoms with Gasteiger partial charge >= 0.3 is 0 Å². The van der Waals surface area contributed by atoms with Crippen LogP contribution in [0, 0.1) is 0 Å². The summed E-state index contributed by atoms with van der Waals surface area (Å²) in [6.45, 7) is 0. The molecule has 0 aliphatic rings. The van der Waals surface area contributed by atoms with Gasteiger partial charge in [0, 0.05) is 12.7 Å². The van der Waals surface area contributed by atoms with Gasteiger partial charge in [-0.1, -0.05) is 18.2 Å². The van der Waals surface area contributed by atoms with Crippen LogP contribution >= 0.6 is 0 Å². The van der Waals surface area contributed by atoms with Crippen molar-refractivity contribution in [1.29, 1.82) is 0 Å². The molecule has 1 rings (SSSR count). The van der Waals surface area contributed by atoms with Crippen molar-refractivity contribution in [2.75, 3.05) is 12.4 Å². The predicted molar refractivity (Wildman–Crippen MR) is 43.4 cm³/mol. The summed E-state index contributed by atoms with van der Waals surface area (Å²) < 4.78 is 0. The number of aliphatic imine (C=N–C) groups is 1. The van der Waals surface area contributed by atoms with Gasteiger partial charge in [-0.25, -0.2) is 0 Å². The first-order chi connectivity index (χ1) is 5.33. The molecule has 0 aliphatic carbocycles. The highest BCUT2D eigenvalue weighted by atomic mass is 16.3. The van der Waals surface area contributed by atoms with Gasteiger partial charge in [0.05, 0.1) is 6.02 Å². The van der Waals surface area contributed by atoms with E-state index in [1.165, 1.54) is 7.05 Å². The fourth-order valence-corrected chi connectivity index (χ4v) is 0.701. The molecule has 0 amide bonds. The van der Waals surface area contributed by atoms with Crippen LogP contribution in [0.1, 0.15) is 0 Å². The Morgan fingerprint density at radius 1 is 1.36 bits per heavy atom. The number of nitrogens with one attached hydrogen (secondary N) is 1. The number of hydrogen-bond acceptors (Lipinski definition) is 2. The maximum atomic E-state index is 10.7. The molecule has 0 aliphatic heterocycles. The van der Waals surface area contributed by atoms with Gasteiger partial charge in [0.1, 0.15) is 0 Å². The first kappa shape index (κ1) is 7.60. The van der Waals surface area contributed by atoms with Gasteiger partial charge in [0.2, 0.25) is 0 Å². The minimum absolute atomic E-state index is 0.323. The molecule has 3 heteroatoms. The van der Waals surface area contributed by atoms with Gasteiger partial charge in [-0.2, -0.15) is 0 Å². The molecule has 0 bridgehead atoms. The number of nitrogens with zero attached hydrogens (tertiary/aromatic N) is 1. The Bertz CT molecular complexity index is 244. The number of amidine groups is 1. The summed E-state index contributed by atoms with van der Waals surface area (Å²) >= 11 is 0. The number of rotatable bonds is 1. The van der Waals surface area contributed by atoms with Crippen LogP contribution < -0.4 is 10.4 Å². The van der Waals surface area contributed by atoms with Crippen molar-refractivity contribution in [3.05, 3.63) is 30.3 Å². The highest BCUT2D eigenvalue weighted by Gasteiger charge is 1.84. The Balaban J connectivity index is 2.65. The van der Waals surface area contributed by atoms with Crippen LogP contribution in [0.4, 0.5) is 5.69 Å². The van der Waals surface area contributed by atoms with E-state index in [1.807, 2.05) is 30.3 Å². The van der Waals surface area contributed by atoms with Crippen molar-refractivity contribution in [1.82, 2.24) is 0 Å². The average molecular weight is 149 g/mol. The molecule has 0 fully saturated rings. The standard InChI is InChI=1S/C8H10N2O/c1-9-8(11)10-7-5-3-2-4-6-7/h2-6H,1H3,(H2,9,10,11)/p-1. The third kappa shape index (κ3) is 2.29. The molecule has 0 saturated carbocycles. The van der Waals surface area contributed by atoms with Gasteiger partial charge in [-0.15, -0.1) is 0 Å². The molecule has 1 aromatic rings. The smallest absolute Gasteiger partial charge is 0.0513 e. The lowest BCUT2D eigenvalue weighted by atomic mass is 10.3. The van der Waals surface area contributed by atoms with E-state index in [0.29, 0.717) is 0 Å². The Hall–Kier alpha value is -1.51. The summed E-state index contributed by atoms with van der Waals surface area (Å²) in [6.07, 6.45) is 0. The third-order valence-corrected chi connectivity index (χ3v) is 1.23. The van der Waals surface area contributed by atoms with Gasteiger partial charge < -0.3 is 10.4 Å². The minimum Gasteiger partial charge on any atom is -0.846 e. The highest BCUT2D eigenvalue weighted by molar-refractivity contribution is 5.85. The lowest BCUT2D eigenvalue weighted by molar-refractivity contribution is -0.214. The molecule has 58 valence electrons. The van der Waals surface area contributed by atoms with Gasteiger partial charge in [0.25, 0.3) is 0 Å². The largest absolute Gasteiger partial charge is 0.846 e. The molecule has 1 aromatic carbocycles. The van der Waals surface area contributed by atoms with Crippen LogP contribution in [-0.2, 0) is 0 Å². The molecule has 11 heavy (non-hydrogen) atoms. The van der Waals surface area contributed by atoms with Crippen molar-refractivity contribution in [2.45, 2.75) is 0 Å². The molecule has 0 radical (unpaired) electrons. The molecule has 0 spiro atoms. The molecule has 1 N–H and O–H groups in total. The van der Waals surface area contributed by atoms with Gasteiger partial charge in [-0.3, -0.25) is 4.99 Å². The van der Waals surface area contributed by atoms with E-state index in [0.717, 1.165) is 5.69 Å². The zero-order valence-corrected chi connectivity index (χ0v) is 6.24. The fourth-order valence-electron chi connectivity index (χ4n) is 0.701. The Kier molecular flexibility index (Phi) is 2.49. The number of anilines is 1. The monoisotopic (exact) mass is 149 g/mol. The zero-order chi connectivity index (χ0) is 8.10. The molecule has 0 atom stereocenters. The second-order valence-corrected chi connectivity index (χ2v) is 2.02. The lowest BCUT2D eigenvalue weighted by Gasteiger charge is -2.11. The average Bonchev–Trinajstić information content (AvgIpc) is 2.06. The zero-order valence-electron chi connectivity index (χ0n) is 6.24. The lowest BCUT2D eigenvalue weighted by Crippen LogP contribution is -2.26. The summed E-state index contributed by atoms with van der Waals surface area (Å²) in [4.78, 5) is 3.43. The van der Waals surface area contributed by atoms with Gasteiger partial charge in [-0.05, 0) is 12.1 Å². The molecule has 0 saturated heterocycles. The topological polar surface area (TPSA) is 47.5 Å². The maximum Gasteiger partial charge on any atom is 0.0513 e. The van der Waals surface area contributed by atoms with Crippen molar-refractivity contribution in [3.63, 3.8) is 0 Å². The maximum absolute atomic E-state index is 10.7. The normalized spacial score (nSPS) is 11.2. The van der Waals surface area contributed by atoms with E-state index >= 15 is 0 Å². The summed E-state index contributed by atoms with van der Waals surface area (Å²) in [5.74, 6) is 0. The van der Waals surface area contributed by atoms with E-state index in [2.05, 4.69) is 10.3 Å². The second kappa shape index (κ2) is 3.61. The number of para-hydroxylation sites is 1. The van der Waals surface area contributed by atoms with Crippen LogP contribution in [0.3, 0.4) is 0 Å². The van der Waals surface area contributed by atoms with Crippen LogP contribution in [-0.4, -0.2) is 13.1 Å². The van der Waals surface area contributed by atoms with Crippen LogP contribution in [0.25, 0.3) is 0 Å². The molecule has 0 aromatic heterocycles. The van der Waals surface area contributed by atoms with Crippen molar-refractivity contribution in [2.24, 2.45) is 4.99 Å². The summed E-state index contributed by atoms with van der Waals surface area (Å²) in [7, 11) is 1.46. The molecule has 0 unspecified atom stereocenters. The third-order valence-electron chi connectivity index (χ3n) is 1.23. The Labute approximate surface area is 65.4 Å².